The summed E-state index contributed by atoms with van der Waals surface area (Å²) < 4.78 is 0. The molecule has 0 aliphatic carbocycles. The van der Waals surface area contributed by atoms with Crippen LogP contribution < -0.4 is 5.32 Å². The lowest BCUT2D eigenvalue weighted by Crippen LogP contribution is -2.13. The summed E-state index contributed by atoms with van der Waals surface area (Å²) in [4.78, 5) is 19.8. The van der Waals surface area contributed by atoms with E-state index in [-0.39, 0.29) is 5.91 Å². The molecule has 0 saturated carbocycles. The van der Waals surface area contributed by atoms with Crippen molar-refractivity contribution in [3.8, 4) is 0 Å². The van der Waals surface area contributed by atoms with Crippen LogP contribution in [0, 0.1) is 13.8 Å². The average molecular weight is 290 g/mol. The number of aryl methyl sites for hydroxylation is 3. The molecule has 0 bridgehead atoms. The van der Waals surface area contributed by atoms with Crippen molar-refractivity contribution in [3.05, 3.63) is 52.6 Å². The number of benzene rings is 1. The summed E-state index contributed by atoms with van der Waals surface area (Å²) in [7, 11) is 0. The van der Waals surface area contributed by atoms with Crippen LogP contribution in [-0.2, 0) is 11.2 Å². The van der Waals surface area contributed by atoms with Gasteiger partial charge in [-0.1, -0.05) is 17.7 Å². The molecule has 20 heavy (non-hydrogen) atoms. The Kier molecular flexibility index (Phi) is 4.69. The number of amides is 1. The molecule has 2 rings (SSSR count). The molecule has 1 aromatic carbocycles. The van der Waals surface area contributed by atoms with Gasteiger partial charge in [-0.15, -0.1) is 0 Å². The highest BCUT2D eigenvalue weighted by Gasteiger charge is 2.09. The number of anilines is 1. The van der Waals surface area contributed by atoms with Crippen molar-refractivity contribution in [2.24, 2.45) is 0 Å². The molecule has 1 aromatic heterocycles. The predicted octanol–water partition coefficient (Wildman–Crippen LogP) is 3.32. The third-order valence-corrected chi connectivity index (χ3v) is 3.25. The van der Waals surface area contributed by atoms with Crippen molar-refractivity contribution in [1.82, 2.24) is 9.97 Å². The summed E-state index contributed by atoms with van der Waals surface area (Å²) in [6.07, 6.45) is 5.87. The van der Waals surface area contributed by atoms with Crippen molar-refractivity contribution in [3.63, 3.8) is 0 Å². The first-order valence-electron chi connectivity index (χ1n) is 6.37. The Bertz CT molecular complexity index is 591. The third-order valence-electron chi connectivity index (χ3n) is 2.95. The number of nitrogens with one attached hydrogen (secondary N) is 1. The quantitative estimate of drug-likeness (QED) is 0.939. The van der Waals surface area contributed by atoms with Crippen LogP contribution in [0.1, 0.15) is 23.1 Å². The minimum Gasteiger partial charge on any atom is -0.325 e. The van der Waals surface area contributed by atoms with E-state index in [1.165, 1.54) is 6.33 Å². The largest absolute Gasteiger partial charge is 0.325 e. The van der Waals surface area contributed by atoms with E-state index in [9.17, 15) is 4.79 Å². The lowest BCUT2D eigenvalue weighted by Gasteiger charge is -2.11. The van der Waals surface area contributed by atoms with Gasteiger partial charge in [0, 0.05) is 18.8 Å². The summed E-state index contributed by atoms with van der Waals surface area (Å²) >= 11 is 6.16. The molecule has 0 atom stereocenters. The van der Waals surface area contributed by atoms with Crippen molar-refractivity contribution in [2.75, 3.05) is 5.32 Å². The first-order chi connectivity index (χ1) is 9.56. The first-order valence-corrected chi connectivity index (χ1v) is 6.74. The van der Waals surface area contributed by atoms with Gasteiger partial charge in [-0.25, -0.2) is 9.97 Å². The maximum Gasteiger partial charge on any atom is 0.224 e. The minimum atomic E-state index is -0.0669. The molecule has 4 nitrogen and oxygen atoms in total. The van der Waals surface area contributed by atoms with Crippen LogP contribution >= 0.6 is 11.6 Å². The van der Waals surface area contributed by atoms with Crippen molar-refractivity contribution in [2.45, 2.75) is 26.7 Å². The van der Waals surface area contributed by atoms with Crippen LogP contribution in [0.2, 0.25) is 5.02 Å². The van der Waals surface area contributed by atoms with Gasteiger partial charge in [-0.2, -0.15) is 0 Å². The van der Waals surface area contributed by atoms with Crippen molar-refractivity contribution in [1.29, 1.82) is 0 Å². The third kappa shape index (κ3) is 3.78. The standard InChI is InChI=1S/C15H16ClN3O/c1-10-5-11(2)15(13(16)6-10)19-14(20)4-3-12-7-17-9-18-8-12/h5-9H,3-4H2,1-2H3,(H,19,20). The number of nitrogens with zero attached hydrogens (tertiary/aromatic N) is 2. The Labute approximate surface area is 123 Å². The second-order valence-corrected chi connectivity index (χ2v) is 5.14. The van der Waals surface area contributed by atoms with Gasteiger partial charge in [0.2, 0.25) is 5.91 Å². The van der Waals surface area contributed by atoms with Gasteiger partial charge in [0.05, 0.1) is 10.7 Å². The maximum absolute atomic E-state index is 12.0. The molecule has 0 spiro atoms. The van der Waals surface area contributed by atoms with Gasteiger partial charge >= 0.3 is 0 Å². The number of aromatic nitrogens is 2. The molecule has 1 heterocycles. The van der Waals surface area contributed by atoms with Gasteiger partial charge in [0.1, 0.15) is 6.33 Å². The molecule has 1 amide bonds. The Balaban J connectivity index is 1.98. The number of carbonyl (C=O) groups is 1. The highest BCUT2D eigenvalue weighted by atomic mass is 35.5. The summed E-state index contributed by atoms with van der Waals surface area (Å²) in [5.74, 6) is -0.0669. The summed E-state index contributed by atoms with van der Waals surface area (Å²) in [6, 6.07) is 3.84. The fourth-order valence-corrected chi connectivity index (χ4v) is 2.36. The topological polar surface area (TPSA) is 54.9 Å². The highest BCUT2D eigenvalue weighted by molar-refractivity contribution is 6.34. The van der Waals surface area contributed by atoms with Crippen LogP contribution in [0.4, 0.5) is 5.69 Å². The van der Waals surface area contributed by atoms with Crippen LogP contribution in [-0.4, -0.2) is 15.9 Å². The lowest BCUT2D eigenvalue weighted by atomic mass is 10.1. The fraction of sp³-hybridized carbons (Fsp3) is 0.267. The monoisotopic (exact) mass is 289 g/mol. The van der Waals surface area contributed by atoms with E-state index >= 15 is 0 Å². The van der Waals surface area contributed by atoms with Crippen LogP contribution in [0.5, 0.6) is 0 Å². The van der Waals surface area contributed by atoms with E-state index in [0.717, 1.165) is 16.7 Å². The zero-order valence-electron chi connectivity index (χ0n) is 11.5. The number of rotatable bonds is 4. The van der Waals surface area contributed by atoms with E-state index in [0.29, 0.717) is 23.6 Å². The predicted molar refractivity (Wildman–Crippen MR) is 79.9 cm³/mol. The normalized spacial score (nSPS) is 10.3. The molecule has 104 valence electrons. The molecular weight excluding hydrogens is 274 g/mol. The first kappa shape index (κ1) is 14.5. The van der Waals surface area contributed by atoms with E-state index in [4.69, 9.17) is 11.6 Å². The van der Waals surface area contributed by atoms with Gasteiger partial charge in [-0.3, -0.25) is 4.79 Å². The van der Waals surface area contributed by atoms with E-state index < -0.39 is 0 Å². The van der Waals surface area contributed by atoms with Crippen molar-refractivity contribution >= 4 is 23.2 Å². The Morgan fingerprint density at radius 3 is 2.60 bits per heavy atom. The summed E-state index contributed by atoms with van der Waals surface area (Å²) in [6.45, 7) is 3.90. The molecule has 0 aliphatic heterocycles. The number of hydrogen-bond donors (Lipinski definition) is 1. The van der Waals surface area contributed by atoms with E-state index in [1.807, 2.05) is 26.0 Å². The molecule has 0 saturated heterocycles. The number of carbonyl (C=O) groups excluding carboxylic acids is 1. The summed E-state index contributed by atoms with van der Waals surface area (Å²) in [5.41, 5.74) is 3.67. The highest BCUT2D eigenvalue weighted by Crippen LogP contribution is 2.27. The fourth-order valence-electron chi connectivity index (χ4n) is 1.99. The average Bonchev–Trinajstić information content (AvgIpc) is 2.42. The molecule has 0 radical (unpaired) electrons. The van der Waals surface area contributed by atoms with E-state index in [1.54, 1.807) is 12.4 Å². The zero-order valence-corrected chi connectivity index (χ0v) is 12.2. The van der Waals surface area contributed by atoms with Gasteiger partial charge in [0.15, 0.2) is 0 Å². The van der Waals surface area contributed by atoms with Crippen LogP contribution in [0.15, 0.2) is 30.9 Å². The molecule has 0 fully saturated rings. The maximum atomic E-state index is 12.0. The minimum absolute atomic E-state index is 0.0669. The second kappa shape index (κ2) is 6.48. The Morgan fingerprint density at radius 1 is 1.25 bits per heavy atom. The number of halogens is 1. The number of hydrogen-bond acceptors (Lipinski definition) is 3. The molecule has 0 aliphatic rings. The van der Waals surface area contributed by atoms with Crippen LogP contribution in [0.3, 0.4) is 0 Å². The zero-order chi connectivity index (χ0) is 14.5. The van der Waals surface area contributed by atoms with Crippen LogP contribution in [0.25, 0.3) is 0 Å². The molecule has 5 heteroatoms. The lowest BCUT2D eigenvalue weighted by molar-refractivity contribution is -0.116. The Morgan fingerprint density at radius 2 is 1.95 bits per heavy atom. The van der Waals surface area contributed by atoms with E-state index in [2.05, 4.69) is 15.3 Å². The molecule has 1 N–H and O–H groups in total. The second-order valence-electron chi connectivity index (χ2n) is 4.73. The smallest absolute Gasteiger partial charge is 0.224 e. The van der Waals surface area contributed by atoms with Crippen molar-refractivity contribution < 1.29 is 4.79 Å². The Hall–Kier alpha value is -1.94. The SMILES string of the molecule is Cc1cc(C)c(NC(=O)CCc2cncnc2)c(Cl)c1. The van der Waals surface area contributed by atoms with Gasteiger partial charge in [-0.05, 0) is 43.0 Å². The summed E-state index contributed by atoms with van der Waals surface area (Å²) in [5, 5.41) is 3.43. The molecular formula is C15H16ClN3O. The molecule has 2 aromatic rings. The molecule has 0 unspecified atom stereocenters. The van der Waals surface area contributed by atoms with Gasteiger partial charge in [0.25, 0.3) is 0 Å². The van der Waals surface area contributed by atoms with Gasteiger partial charge < -0.3 is 5.32 Å².